The zero-order chi connectivity index (χ0) is 13.5. The van der Waals surface area contributed by atoms with Crippen molar-refractivity contribution in [1.82, 2.24) is 0 Å². The second-order valence-corrected chi connectivity index (χ2v) is 3.53. The Morgan fingerprint density at radius 1 is 1.33 bits per heavy atom. The molecule has 0 heterocycles. The molecule has 0 N–H and O–H groups in total. The lowest BCUT2D eigenvalue weighted by Crippen LogP contribution is -2.06. The van der Waals surface area contributed by atoms with Crippen LogP contribution in [-0.2, 0) is 9.53 Å². The number of allylic oxidation sites excluding steroid dienone is 1. The topological polar surface area (TPSA) is 39.9 Å². The molecular weight excluding hydrogens is 230 g/mol. The van der Waals surface area contributed by atoms with Crippen LogP contribution >= 0.6 is 0 Å². The van der Waals surface area contributed by atoms with Crippen molar-refractivity contribution in [2.45, 2.75) is 13.8 Å². The van der Waals surface area contributed by atoms with Crippen molar-refractivity contribution in [2.75, 3.05) is 13.7 Å². The SMILES string of the molecule is [C-]#[N+]C(C(=O)OCC)=C(C)c1ccc(OC)cc1. The molecule has 94 valence electrons. The third-order valence-corrected chi connectivity index (χ3v) is 2.46. The van der Waals surface area contributed by atoms with Crippen molar-refractivity contribution in [3.8, 4) is 5.75 Å². The number of rotatable bonds is 4. The van der Waals surface area contributed by atoms with Gasteiger partial charge in [0.25, 0.3) is 5.70 Å². The highest BCUT2D eigenvalue weighted by atomic mass is 16.5. The molecule has 1 rings (SSSR count). The van der Waals surface area contributed by atoms with Crippen molar-refractivity contribution in [1.29, 1.82) is 0 Å². The zero-order valence-electron chi connectivity index (χ0n) is 10.7. The number of methoxy groups -OCH3 is 1. The van der Waals surface area contributed by atoms with Gasteiger partial charge in [-0.2, -0.15) is 0 Å². The van der Waals surface area contributed by atoms with Gasteiger partial charge in [-0.25, -0.2) is 4.85 Å². The van der Waals surface area contributed by atoms with Crippen LogP contribution in [-0.4, -0.2) is 19.7 Å². The van der Waals surface area contributed by atoms with Gasteiger partial charge >= 0.3 is 5.97 Å². The first-order chi connectivity index (χ1) is 8.63. The number of benzene rings is 1. The van der Waals surface area contributed by atoms with Gasteiger partial charge in [0.15, 0.2) is 0 Å². The minimum absolute atomic E-state index is 0.0158. The number of carbonyl (C=O) groups excluding carboxylic acids is 1. The highest BCUT2D eigenvalue weighted by Gasteiger charge is 2.15. The van der Waals surface area contributed by atoms with Crippen molar-refractivity contribution in [3.05, 3.63) is 46.9 Å². The van der Waals surface area contributed by atoms with E-state index < -0.39 is 5.97 Å². The standard InChI is InChI=1S/C14H15NO3/c1-5-18-14(16)13(15-3)10(2)11-6-8-12(17-4)9-7-11/h6-9H,5H2,1-2,4H3. The Morgan fingerprint density at radius 3 is 2.39 bits per heavy atom. The molecule has 0 fully saturated rings. The third-order valence-electron chi connectivity index (χ3n) is 2.46. The largest absolute Gasteiger partial charge is 0.497 e. The van der Waals surface area contributed by atoms with E-state index in [-0.39, 0.29) is 12.3 Å². The predicted molar refractivity (Wildman–Crippen MR) is 68.8 cm³/mol. The van der Waals surface area contributed by atoms with E-state index in [1.807, 2.05) is 0 Å². The number of esters is 1. The van der Waals surface area contributed by atoms with Crippen LogP contribution in [0.15, 0.2) is 30.0 Å². The lowest BCUT2D eigenvalue weighted by Gasteiger charge is -2.07. The van der Waals surface area contributed by atoms with Gasteiger partial charge in [-0.3, -0.25) is 4.79 Å². The molecule has 0 radical (unpaired) electrons. The first kappa shape index (κ1) is 13.8. The molecule has 0 aliphatic rings. The quantitative estimate of drug-likeness (QED) is 0.465. The van der Waals surface area contributed by atoms with Crippen LogP contribution in [0.5, 0.6) is 5.75 Å². The van der Waals surface area contributed by atoms with E-state index in [4.69, 9.17) is 16.0 Å². The van der Waals surface area contributed by atoms with Gasteiger partial charge in [0.1, 0.15) is 5.75 Å². The average molecular weight is 245 g/mol. The van der Waals surface area contributed by atoms with Crippen LogP contribution in [0.2, 0.25) is 0 Å². The van der Waals surface area contributed by atoms with Crippen LogP contribution in [0.4, 0.5) is 0 Å². The van der Waals surface area contributed by atoms with E-state index in [2.05, 4.69) is 4.85 Å². The number of ether oxygens (including phenoxy) is 2. The number of hydrogen-bond acceptors (Lipinski definition) is 3. The van der Waals surface area contributed by atoms with Crippen LogP contribution in [0, 0.1) is 6.57 Å². The van der Waals surface area contributed by atoms with E-state index in [0.717, 1.165) is 11.3 Å². The summed E-state index contributed by atoms with van der Waals surface area (Å²) in [5.41, 5.74) is 1.42. The molecule has 1 aromatic carbocycles. The Balaban J connectivity index is 3.11. The van der Waals surface area contributed by atoms with Crippen molar-refractivity contribution < 1.29 is 14.3 Å². The molecule has 0 unspecified atom stereocenters. The van der Waals surface area contributed by atoms with Crippen LogP contribution in [0.25, 0.3) is 10.4 Å². The maximum absolute atomic E-state index is 11.6. The Kier molecular flexibility index (Phi) is 4.94. The van der Waals surface area contributed by atoms with Gasteiger partial charge in [0.05, 0.1) is 20.3 Å². The van der Waals surface area contributed by atoms with Gasteiger partial charge in [0, 0.05) is 0 Å². The van der Waals surface area contributed by atoms with E-state index in [1.165, 1.54) is 0 Å². The van der Waals surface area contributed by atoms with Gasteiger partial charge in [0.2, 0.25) is 0 Å². The number of carbonyl (C=O) groups is 1. The van der Waals surface area contributed by atoms with E-state index >= 15 is 0 Å². The number of nitrogens with zero attached hydrogens (tertiary/aromatic N) is 1. The predicted octanol–water partition coefficient (Wildman–Crippen LogP) is 2.91. The molecular formula is C14H15NO3. The summed E-state index contributed by atoms with van der Waals surface area (Å²) in [6, 6.07) is 7.17. The van der Waals surface area contributed by atoms with Crippen molar-refractivity contribution in [3.63, 3.8) is 0 Å². The number of hydrogen-bond donors (Lipinski definition) is 0. The maximum Gasteiger partial charge on any atom is 0.336 e. The second-order valence-electron chi connectivity index (χ2n) is 3.53. The fourth-order valence-corrected chi connectivity index (χ4v) is 1.46. The van der Waals surface area contributed by atoms with Gasteiger partial charge in [-0.1, -0.05) is 12.1 Å². The van der Waals surface area contributed by atoms with Crippen LogP contribution in [0.3, 0.4) is 0 Å². The van der Waals surface area contributed by atoms with Gasteiger partial charge in [-0.15, -0.1) is 0 Å². The fourth-order valence-electron chi connectivity index (χ4n) is 1.46. The summed E-state index contributed by atoms with van der Waals surface area (Å²) in [5.74, 6) is 0.146. The molecule has 1 aromatic rings. The molecule has 4 nitrogen and oxygen atoms in total. The molecule has 4 heteroatoms. The van der Waals surface area contributed by atoms with Crippen molar-refractivity contribution in [2.24, 2.45) is 0 Å². The highest BCUT2D eigenvalue weighted by Crippen LogP contribution is 2.22. The molecule has 0 saturated carbocycles. The molecule has 0 aromatic heterocycles. The fraction of sp³-hybridized carbons (Fsp3) is 0.286. The summed E-state index contributed by atoms with van der Waals surface area (Å²) in [6.45, 7) is 10.8. The maximum atomic E-state index is 11.6. The van der Waals surface area contributed by atoms with E-state index in [1.54, 1.807) is 45.2 Å². The molecule has 0 saturated heterocycles. The molecule has 0 aliphatic carbocycles. The lowest BCUT2D eigenvalue weighted by molar-refractivity contribution is -0.138. The zero-order valence-corrected chi connectivity index (χ0v) is 10.7. The van der Waals surface area contributed by atoms with Gasteiger partial charge in [-0.05, 0) is 37.1 Å². The summed E-state index contributed by atoms with van der Waals surface area (Å²) in [6.07, 6.45) is 0. The Hall–Kier alpha value is -2.28. The summed E-state index contributed by atoms with van der Waals surface area (Å²) in [7, 11) is 1.58. The average Bonchev–Trinajstić information content (AvgIpc) is 2.40. The third kappa shape index (κ3) is 3.11. The molecule has 0 bridgehead atoms. The molecule has 0 spiro atoms. The molecule has 0 aliphatic heterocycles. The van der Waals surface area contributed by atoms with Crippen LogP contribution in [0.1, 0.15) is 19.4 Å². The van der Waals surface area contributed by atoms with Crippen LogP contribution < -0.4 is 4.74 Å². The molecule has 0 amide bonds. The minimum Gasteiger partial charge on any atom is -0.497 e. The highest BCUT2D eigenvalue weighted by molar-refractivity contribution is 5.99. The molecule has 0 atom stereocenters. The Labute approximate surface area is 107 Å². The smallest absolute Gasteiger partial charge is 0.336 e. The summed E-state index contributed by atoms with van der Waals surface area (Å²) in [4.78, 5) is 14.8. The lowest BCUT2D eigenvalue weighted by atomic mass is 10.1. The van der Waals surface area contributed by atoms with Crippen molar-refractivity contribution >= 4 is 11.5 Å². The van der Waals surface area contributed by atoms with E-state index in [9.17, 15) is 4.79 Å². The summed E-state index contributed by atoms with van der Waals surface area (Å²) in [5, 5.41) is 0. The molecule has 18 heavy (non-hydrogen) atoms. The Bertz CT molecular complexity index is 495. The first-order valence-corrected chi connectivity index (χ1v) is 5.53. The van der Waals surface area contributed by atoms with E-state index in [0.29, 0.717) is 5.57 Å². The summed E-state index contributed by atoms with van der Waals surface area (Å²) < 4.78 is 9.90. The monoisotopic (exact) mass is 245 g/mol. The first-order valence-electron chi connectivity index (χ1n) is 5.53. The minimum atomic E-state index is -0.583. The summed E-state index contributed by atoms with van der Waals surface area (Å²) >= 11 is 0. The van der Waals surface area contributed by atoms with Gasteiger partial charge < -0.3 is 9.47 Å². The second kappa shape index (κ2) is 6.45. The normalized spacial score (nSPS) is 11.2. The Morgan fingerprint density at radius 2 is 1.94 bits per heavy atom.